The van der Waals surface area contributed by atoms with Gasteiger partial charge in [-0.1, -0.05) is 11.6 Å². The molecule has 1 aromatic carbocycles. The van der Waals surface area contributed by atoms with E-state index in [1.807, 2.05) is 0 Å². The number of hydrogen-bond acceptors (Lipinski definition) is 4. The van der Waals surface area contributed by atoms with Crippen molar-refractivity contribution in [1.29, 1.82) is 0 Å². The molecule has 0 bridgehead atoms. The van der Waals surface area contributed by atoms with E-state index in [9.17, 15) is 8.42 Å². The minimum atomic E-state index is -3.59. The molecule has 102 valence electrons. The average Bonchev–Trinajstić information content (AvgIpc) is 2.79. The molecule has 2 rings (SSSR count). The summed E-state index contributed by atoms with van der Waals surface area (Å²) in [6.07, 6.45) is 0. The third-order valence-corrected chi connectivity index (χ3v) is 6.03. The number of benzene rings is 1. The van der Waals surface area contributed by atoms with Gasteiger partial charge in [-0.05, 0) is 40.2 Å². The van der Waals surface area contributed by atoms with Crippen molar-refractivity contribution in [1.82, 2.24) is 0 Å². The normalized spacial score (nSPS) is 11.3. The predicted molar refractivity (Wildman–Crippen MR) is 80.8 cm³/mol. The summed E-state index contributed by atoms with van der Waals surface area (Å²) in [5, 5.41) is 0.421. The van der Waals surface area contributed by atoms with Crippen LogP contribution < -0.4 is 9.46 Å². The SMILES string of the molecule is COc1cc(NS(=O)(=O)c2ccc(Br)s2)ccc1Cl. The highest BCUT2D eigenvalue weighted by Crippen LogP contribution is 2.30. The summed E-state index contributed by atoms with van der Waals surface area (Å²) in [6, 6.07) is 7.89. The fourth-order valence-electron chi connectivity index (χ4n) is 1.37. The van der Waals surface area contributed by atoms with Gasteiger partial charge in [0.2, 0.25) is 0 Å². The monoisotopic (exact) mass is 381 g/mol. The lowest BCUT2D eigenvalue weighted by molar-refractivity contribution is 0.415. The van der Waals surface area contributed by atoms with Gasteiger partial charge in [0, 0.05) is 6.07 Å². The molecule has 0 spiro atoms. The molecule has 0 radical (unpaired) electrons. The van der Waals surface area contributed by atoms with Crippen LogP contribution in [-0.4, -0.2) is 15.5 Å². The van der Waals surface area contributed by atoms with Crippen LogP contribution in [0.15, 0.2) is 38.3 Å². The second-order valence-electron chi connectivity index (χ2n) is 3.51. The summed E-state index contributed by atoms with van der Waals surface area (Å²) < 4.78 is 32.7. The van der Waals surface area contributed by atoms with Crippen LogP contribution in [0.5, 0.6) is 5.75 Å². The van der Waals surface area contributed by atoms with Crippen molar-refractivity contribution < 1.29 is 13.2 Å². The standard InChI is InChI=1S/C11H9BrClNO3S2/c1-17-9-6-7(2-3-8(9)13)14-19(15,16)11-5-4-10(12)18-11/h2-6,14H,1H3. The molecule has 1 aromatic heterocycles. The molecule has 0 fully saturated rings. The van der Waals surface area contributed by atoms with Gasteiger partial charge in [-0.2, -0.15) is 0 Å². The smallest absolute Gasteiger partial charge is 0.271 e. The molecular weight excluding hydrogens is 374 g/mol. The number of methoxy groups -OCH3 is 1. The van der Waals surface area contributed by atoms with Crippen molar-refractivity contribution in [2.24, 2.45) is 0 Å². The minimum absolute atomic E-state index is 0.230. The van der Waals surface area contributed by atoms with E-state index in [0.717, 1.165) is 15.1 Å². The first-order valence-electron chi connectivity index (χ1n) is 5.04. The van der Waals surface area contributed by atoms with E-state index in [1.54, 1.807) is 18.2 Å². The maximum Gasteiger partial charge on any atom is 0.271 e. The molecule has 0 aliphatic heterocycles. The molecule has 19 heavy (non-hydrogen) atoms. The Labute approximate surface area is 128 Å². The van der Waals surface area contributed by atoms with Crippen LogP contribution >= 0.6 is 38.9 Å². The Morgan fingerprint density at radius 3 is 2.63 bits per heavy atom. The number of halogens is 2. The van der Waals surface area contributed by atoms with E-state index in [4.69, 9.17) is 16.3 Å². The summed E-state index contributed by atoms with van der Waals surface area (Å²) in [6.45, 7) is 0. The highest BCUT2D eigenvalue weighted by molar-refractivity contribution is 9.11. The molecular formula is C11H9BrClNO3S2. The lowest BCUT2D eigenvalue weighted by atomic mass is 10.3. The predicted octanol–water partition coefficient (Wildman–Crippen LogP) is 3.97. The Balaban J connectivity index is 2.30. The molecule has 0 aliphatic carbocycles. The average molecular weight is 383 g/mol. The zero-order valence-electron chi connectivity index (χ0n) is 9.68. The van der Waals surface area contributed by atoms with Gasteiger partial charge >= 0.3 is 0 Å². The topological polar surface area (TPSA) is 55.4 Å². The van der Waals surface area contributed by atoms with Gasteiger partial charge in [-0.15, -0.1) is 11.3 Å². The molecule has 1 heterocycles. The Morgan fingerprint density at radius 1 is 1.32 bits per heavy atom. The molecule has 4 nitrogen and oxygen atoms in total. The number of nitrogens with one attached hydrogen (secondary N) is 1. The van der Waals surface area contributed by atoms with E-state index in [1.165, 1.54) is 19.2 Å². The maximum atomic E-state index is 12.1. The van der Waals surface area contributed by atoms with Gasteiger partial charge in [0.15, 0.2) is 0 Å². The lowest BCUT2D eigenvalue weighted by Gasteiger charge is -2.09. The highest BCUT2D eigenvalue weighted by atomic mass is 79.9. The first kappa shape index (κ1) is 14.6. The van der Waals surface area contributed by atoms with E-state index >= 15 is 0 Å². The summed E-state index contributed by atoms with van der Waals surface area (Å²) in [7, 11) is -2.12. The van der Waals surface area contributed by atoms with Crippen LogP contribution in [0, 0.1) is 0 Å². The zero-order valence-corrected chi connectivity index (χ0v) is 13.7. The maximum absolute atomic E-state index is 12.1. The molecule has 0 amide bonds. The number of rotatable bonds is 4. The molecule has 0 unspecified atom stereocenters. The van der Waals surface area contributed by atoms with Crippen LogP contribution in [0.4, 0.5) is 5.69 Å². The number of thiophene rings is 1. The summed E-state index contributed by atoms with van der Waals surface area (Å²) in [4.78, 5) is 0. The van der Waals surface area contributed by atoms with Crippen molar-refractivity contribution in [3.8, 4) is 5.75 Å². The molecule has 0 saturated carbocycles. The van der Waals surface area contributed by atoms with E-state index in [0.29, 0.717) is 16.5 Å². The van der Waals surface area contributed by atoms with Crippen LogP contribution in [0.3, 0.4) is 0 Å². The van der Waals surface area contributed by atoms with Crippen molar-refractivity contribution in [3.63, 3.8) is 0 Å². The van der Waals surface area contributed by atoms with Gasteiger partial charge in [-0.3, -0.25) is 4.72 Å². The Kier molecular flexibility index (Phi) is 4.39. The Bertz CT molecular complexity index is 700. The number of anilines is 1. The number of ether oxygens (including phenoxy) is 1. The summed E-state index contributed by atoms with van der Waals surface area (Å²) in [5.74, 6) is 0.411. The third-order valence-electron chi connectivity index (χ3n) is 2.22. The van der Waals surface area contributed by atoms with E-state index in [-0.39, 0.29) is 4.21 Å². The van der Waals surface area contributed by atoms with Gasteiger partial charge in [0.25, 0.3) is 10.0 Å². The van der Waals surface area contributed by atoms with Crippen LogP contribution in [-0.2, 0) is 10.0 Å². The molecule has 2 aromatic rings. The summed E-state index contributed by atoms with van der Waals surface area (Å²) in [5.41, 5.74) is 0.394. The van der Waals surface area contributed by atoms with Gasteiger partial charge in [0.05, 0.1) is 21.6 Å². The lowest BCUT2D eigenvalue weighted by Crippen LogP contribution is -2.11. The van der Waals surface area contributed by atoms with Crippen LogP contribution in [0.1, 0.15) is 0 Å². The first-order chi connectivity index (χ1) is 8.92. The molecule has 1 N–H and O–H groups in total. The quantitative estimate of drug-likeness (QED) is 0.870. The molecule has 8 heteroatoms. The third kappa shape index (κ3) is 3.42. The Hall–Kier alpha value is -0.760. The van der Waals surface area contributed by atoms with Gasteiger partial charge < -0.3 is 4.74 Å². The van der Waals surface area contributed by atoms with Crippen LogP contribution in [0.2, 0.25) is 5.02 Å². The summed E-state index contributed by atoms with van der Waals surface area (Å²) >= 11 is 10.2. The fraction of sp³-hybridized carbons (Fsp3) is 0.0909. The van der Waals surface area contributed by atoms with E-state index < -0.39 is 10.0 Å². The van der Waals surface area contributed by atoms with Crippen molar-refractivity contribution in [3.05, 3.63) is 39.1 Å². The molecule has 0 saturated heterocycles. The van der Waals surface area contributed by atoms with Crippen molar-refractivity contribution >= 4 is 54.6 Å². The van der Waals surface area contributed by atoms with Crippen LogP contribution in [0.25, 0.3) is 0 Å². The van der Waals surface area contributed by atoms with E-state index in [2.05, 4.69) is 20.7 Å². The zero-order chi connectivity index (χ0) is 14.0. The highest BCUT2D eigenvalue weighted by Gasteiger charge is 2.17. The number of hydrogen-bond donors (Lipinski definition) is 1. The second kappa shape index (κ2) is 5.70. The number of sulfonamides is 1. The van der Waals surface area contributed by atoms with Crippen molar-refractivity contribution in [2.75, 3.05) is 11.8 Å². The minimum Gasteiger partial charge on any atom is -0.495 e. The second-order valence-corrected chi connectivity index (χ2v) is 8.29. The molecule has 0 atom stereocenters. The fourth-order valence-corrected chi connectivity index (χ4v) is 4.62. The van der Waals surface area contributed by atoms with Crippen molar-refractivity contribution in [2.45, 2.75) is 4.21 Å². The Morgan fingerprint density at radius 2 is 2.05 bits per heavy atom. The van der Waals surface area contributed by atoms with Gasteiger partial charge in [-0.25, -0.2) is 8.42 Å². The molecule has 0 aliphatic rings. The van der Waals surface area contributed by atoms with Gasteiger partial charge in [0.1, 0.15) is 9.96 Å². The first-order valence-corrected chi connectivity index (χ1v) is 8.51. The largest absolute Gasteiger partial charge is 0.495 e.